The molecule has 2 rings (SSSR count). The van der Waals surface area contributed by atoms with Gasteiger partial charge in [0.1, 0.15) is 5.75 Å². The lowest BCUT2D eigenvalue weighted by Gasteiger charge is -2.20. The first-order valence-electron chi connectivity index (χ1n) is 7.55. The third kappa shape index (κ3) is 4.16. The molecule has 4 nitrogen and oxygen atoms in total. The van der Waals surface area contributed by atoms with E-state index in [1.165, 1.54) is 11.8 Å². The number of hydrogen-bond acceptors (Lipinski definition) is 4. The molecule has 0 unspecified atom stereocenters. The summed E-state index contributed by atoms with van der Waals surface area (Å²) in [6, 6.07) is 5.89. The van der Waals surface area contributed by atoms with Gasteiger partial charge in [-0.1, -0.05) is 50.2 Å². The molecule has 1 aromatic rings. The molecule has 1 aromatic carbocycles. The number of carbonyl (C=O) groups excluding carboxylic acids is 2. The zero-order valence-corrected chi connectivity index (χ0v) is 15.1. The monoisotopic (exact) mass is 333 g/mol. The second-order valence-electron chi connectivity index (χ2n) is 6.68. The van der Waals surface area contributed by atoms with Crippen LogP contribution < -0.4 is 4.74 Å². The van der Waals surface area contributed by atoms with Gasteiger partial charge >= 0.3 is 0 Å². The summed E-state index contributed by atoms with van der Waals surface area (Å²) in [5, 5.41) is 0.721. The van der Waals surface area contributed by atoms with Crippen LogP contribution in [0.1, 0.15) is 31.9 Å². The number of ketones is 1. The lowest BCUT2D eigenvalue weighted by molar-refractivity contribution is -0.125. The van der Waals surface area contributed by atoms with Gasteiger partial charge in [0.2, 0.25) is 5.91 Å². The van der Waals surface area contributed by atoms with E-state index in [-0.39, 0.29) is 11.7 Å². The minimum absolute atomic E-state index is 0.0199. The van der Waals surface area contributed by atoms with Crippen LogP contribution in [0.25, 0.3) is 0 Å². The van der Waals surface area contributed by atoms with Crippen molar-refractivity contribution in [2.45, 2.75) is 34.2 Å². The number of thioether (sulfide) groups is 1. The van der Waals surface area contributed by atoms with Crippen LogP contribution in [0, 0.1) is 12.3 Å². The van der Waals surface area contributed by atoms with Gasteiger partial charge in [-0.25, -0.2) is 0 Å². The summed E-state index contributed by atoms with van der Waals surface area (Å²) in [5.74, 6) is 1.17. The van der Waals surface area contributed by atoms with Crippen LogP contribution in [0.3, 0.4) is 0 Å². The van der Waals surface area contributed by atoms with Crippen molar-refractivity contribution in [3.8, 4) is 5.75 Å². The molecule has 0 radical (unpaired) electrons. The largest absolute Gasteiger partial charge is 0.496 e. The molecule has 0 spiro atoms. The number of amides is 1. The van der Waals surface area contributed by atoms with E-state index in [4.69, 9.17) is 4.74 Å². The van der Waals surface area contributed by atoms with Crippen molar-refractivity contribution in [3.05, 3.63) is 40.4 Å². The van der Waals surface area contributed by atoms with Crippen molar-refractivity contribution >= 4 is 23.5 Å². The SMILES string of the molecule is COc1ccc(C)cc1CN1C(=O)CS/C1=C\C(=O)C(C)(C)C. The standard InChI is InChI=1S/C18H23NO3S/c1-12-6-7-14(22-5)13(8-12)10-19-16(21)11-23-17(19)9-15(20)18(2,3)4/h6-9H,10-11H2,1-5H3/b17-9-. The molecule has 0 N–H and O–H groups in total. The van der Waals surface area contributed by atoms with Gasteiger partial charge in [0.15, 0.2) is 5.78 Å². The molecular formula is C18H23NO3S. The maximum absolute atomic E-state index is 12.3. The van der Waals surface area contributed by atoms with Gasteiger partial charge in [-0.15, -0.1) is 0 Å². The number of ether oxygens (including phenoxy) is 1. The van der Waals surface area contributed by atoms with Crippen molar-refractivity contribution < 1.29 is 14.3 Å². The second-order valence-corrected chi connectivity index (χ2v) is 7.68. The highest BCUT2D eigenvalue weighted by atomic mass is 32.2. The van der Waals surface area contributed by atoms with E-state index in [0.29, 0.717) is 12.3 Å². The Bertz CT molecular complexity index is 659. The number of benzene rings is 1. The summed E-state index contributed by atoms with van der Waals surface area (Å²) in [6.07, 6.45) is 1.60. The quantitative estimate of drug-likeness (QED) is 0.791. The fourth-order valence-electron chi connectivity index (χ4n) is 2.23. The Balaban J connectivity index is 2.30. The fourth-order valence-corrected chi connectivity index (χ4v) is 3.17. The van der Waals surface area contributed by atoms with E-state index in [9.17, 15) is 9.59 Å². The zero-order valence-electron chi connectivity index (χ0n) is 14.3. The molecule has 0 saturated carbocycles. The Morgan fingerprint density at radius 2 is 2.09 bits per heavy atom. The van der Waals surface area contributed by atoms with E-state index in [0.717, 1.165) is 21.9 Å². The normalized spacial score (nSPS) is 17.0. The van der Waals surface area contributed by atoms with Gasteiger partial charge in [0.25, 0.3) is 0 Å². The summed E-state index contributed by atoms with van der Waals surface area (Å²) in [6.45, 7) is 8.05. The van der Waals surface area contributed by atoms with Crippen LogP contribution in [0.4, 0.5) is 0 Å². The van der Waals surface area contributed by atoms with Crippen LogP contribution in [-0.4, -0.2) is 29.5 Å². The van der Waals surface area contributed by atoms with Crippen molar-refractivity contribution in [1.29, 1.82) is 0 Å². The molecule has 1 fully saturated rings. The highest BCUT2D eigenvalue weighted by Crippen LogP contribution is 2.33. The molecule has 1 saturated heterocycles. The molecule has 23 heavy (non-hydrogen) atoms. The Labute approximate surface area is 141 Å². The molecule has 1 heterocycles. The molecule has 1 aliphatic heterocycles. The Morgan fingerprint density at radius 3 is 2.70 bits per heavy atom. The minimum Gasteiger partial charge on any atom is -0.496 e. The molecule has 0 atom stereocenters. The second kappa shape index (κ2) is 6.79. The van der Waals surface area contributed by atoms with Crippen molar-refractivity contribution in [3.63, 3.8) is 0 Å². The summed E-state index contributed by atoms with van der Waals surface area (Å²) < 4.78 is 5.39. The molecule has 5 heteroatoms. The molecule has 124 valence electrons. The number of rotatable bonds is 4. The predicted octanol–water partition coefficient (Wildman–Crippen LogP) is 3.54. The maximum atomic E-state index is 12.3. The first-order chi connectivity index (χ1) is 10.7. The summed E-state index contributed by atoms with van der Waals surface area (Å²) in [4.78, 5) is 26.1. The lowest BCUT2D eigenvalue weighted by Crippen LogP contribution is -2.26. The molecule has 1 aliphatic rings. The number of nitrogens with zero attached hydrogens (tertiary/aromatic N) is 1. The van der Waals surface area contributed by atoms with Crippen LogP contribution >= 0.6 is 11.8 Å². The molecule has 0 bridgehead atoms. The van der Waals surface area contributed by atoms with E-state index in [2.05, 4.69) is 0 Å². The highest BCUT2D eigenvalue weighted by Gasteiger charge is 2.30. The molecule has 0 aliphatic carbocycles. The van der Waals surface area contributed by atoms with Crippen LogP contribution in [0.15, 0.2) is 29.3 Å². The summed E-state index contributed by atoms with van der Waals surface area (Å²) >= 11 is 1.42. The van der Waals surface area contributed by atoms with Gasteiger partial charge in [-0.2, -0.15) is 0 Å². The van der Waals surface area contributed by atoms with E-state index < -0.39 is 5.41 Å². The Kier molecular flexibility index (Phi) is 5.19. The first-order valence-corrected chi connectivity index (χ1v) is 8.53. The number of methoxy groups -OCH3 is 1. The smallest absolute Gasteiger partial charge is 0.238 e. The lowest BCUT2D eigenvalue weighted by atomic mass is 9.91. The van der Waals surface area contributed by atoms with Gasteiger partial charge in [-0.05, 0) is 13.0 Å². The third-order valence-electron chi connectivity index (χ3n) is 3.67. The van der Waals surface area contributed by atoms with Gasteiger partial charge in [-0.3, -0.25) is 9.59 Å². The fraction of sp³-hybridized carbons (Fsp3) is 0.444. The van der Waals surface area contributed by atoms with E-state index in [1.54, 1.807) is 18.1 Å². The minimum atomic E-state index is -0.452. The number of carbonyl (C=O) groups is 2. The molecule has 1 amide bonds. The van der Waals surface area contributed by atoms with Crippen LogP contribution in [-0.2, 0) is 16.1 Å². The predicted molar refractivity (Wildman–Crippen MR) is 93.3 cm³/mol. The topological polar surface area (TPSA) is 46.6 Å². The van der Waals surface area contributed by atoms with Gasteiger partial charge in [0, 0.05) is 17.1 Å². The molecule has 0 aromatic heterocycles. The third-order valence-corrected chi connectivity index (χ3v) is 4.69. The highest BCUT2D eigenvalue weighted by molar-refractivity contribution is 8.04. The van der Waals surface area contributed by atoms with Crippen LogP contribution in [0.5, 0.6) is 5.75 Å². The number of hydrogen-bond donors (Lipinski definition) is 0. The van der Waals surface area contributed by atoms with Crippen molar-refractivity contribution in [1.82, 2.24) is 4.90 Å². The first kappa shape index (κ1) is 17.6. The van der Waals surface area contributed by atoms with E-state index >= 15 is 0 Å². The Hall–Kier alpha value is -1.75. The Morgan fingerprint density at radius 1 is 1.39 bits per heavy atom. The summed E-state index contributed by atoms with van der Waals surface area (Å²) in [5.41, 5.74) is 1.60. The molecular weight excluding hydrogens is 310 g/mol. The maximum Gasteiger partial charge on any atom is 0.238 e. The average Bonchev–Trinajstić information content (AvgIpc) is 2.79. The van der Waals surface area contributed by atoms with Gasteiger partial charge in [0.05, 0.1) is 24.4 Å². The van der Waals surface area contributed by atoms with E-state index in [1.807, 2.05) is 45.9 Å². The van der Waals surface area contributed by atoms with Crippen LogP contribution in [0.2, 0.25) is 0 Å². The van der Waals surface area contributed by atoms with Crippen molar-refractivity contribution in [2.75, 3.05) is 12.9 Å². The number of allylic oxidation sites excluding steroid dienone is 1. The summed E-state index contributed by atoms with van der Waals surface area (Å²) in [7, 11) is 1.62. The number of aryl methyl sites for hydroxylation is 1. The zero-order chi connectivity index (χ0) is 17.2. The van der Waals surface area contributed by atoms with Crippen molar-refractivity contribution in [2.24, 2.45) is 5.41 Å². The average molecular weight is 333 g/mol. The van der Waals surface area contributed by atoms with Gasteiger partial charge < -0.3 is 9.64 Å².